The number of carbonyl (C=O) groups is 1. The maximum absolute atomic E-state index is 10.7. The van der Waals surface area contributed by atoms with Gasteiger partial charge in [-0.15, -0.1) is 0 Å². The van der Waals surface area contributed by atoms with Crippen molar-refractivity contribution in [1.82, 2.24) is 10.6 Å². The molecule has 0 heterocycles. The highest BCUT2D eigenvalue weighted by molar-refractivity contribution is 5.74. The van der Waals surface area contributed by atoms with Crippen molar-refractivity contribution in [3.8, 4) is 0 Å². The number of hydrogen-bond acceptors (Lipinski definition) is 1. The summed E-state index contributed by atoms with van der Waals surface area (Å²) in [7, 11) is 1.64. The molecule has 1 saturated carbocycles. The standard InChI is InChI=1S/C7H14N2O/c1-3-5-4-6(5)9-7(10)8-2/h5-6H,3-4H2,1-2H3,(H2,8,9,10)/t5-,6-/m1/s1. The van der Waals surface area contributed by atoms with E-state index in [-0.39, 0.29) is 6.03 Å². The van der Waals surface area contributed by atoms with Crippen LogP contribution < -0.4 is 10.6 Å². The molecule has 2 atom stereocenters. The summed E-state index contributed by atoms with van der Waals surface area (Å²) in [6.07, 6.45) is 2.33. The third kappa shape index (κ3) is 1.62. The average molecular weight is 142 g/mol. The van der Waals surface area contributed by atoms with Crippen molar-refractivity contribution in [2.24, 2.45) is 5.92 Å². The van der Waals surface area contributed by atoms with Gasteiger partial charge in [0.1, 0.15) is 0 Å². The zero-order chi connectivity index (χ0) is 7.56. The highest BCUT2D eigenvalue weighted by Gasteiger charge is 2.36. The number of urea groups is 1. The lowest BCUT2D eigenvalue weighted by atomic mass is 10.3. The molecule has 0 spiro atoms. The second kappa shape index (κ2) is 2.90. The van der Waals surface area contributed by atoms with E-state index in [1.807, 2.05) is 0 Å². The Morgan fingerprint density at radius 1 is 1.70 bits per heavy atom. The summed E-state index contributed by atoms with van der Waals surface area (Å²) in [4.78, 5) is 10.7. The van der Waals surface area contributed by atoms with Gasteiger partial charge in [0.25, 0.3) is 0 Å². The van der Waals surface area contributed by atoms with Crippen molar-refractivity contribution in [2.75, 3.05) is 7.05 Å². The first kappa shape index (κ1) is 7.38. The van der Waals surface area contributed by atoms with Crippen molar-refractivity contribution < 1.29 is 4.79 Å². The molecule has 0 aromatic heterocycles. The third-order valence-electron chi connectivity index (χ3n) is 1.99. The molecule has 0 aromatic rings. The number of amides is 2. The number of hydrogen-bond donors (Lipinski definition) is 2. The molecule has 0 radical (unpaired) electrons. The molecule has 1 aliphatic carbocycles. The molecule has 3 nitrogen and oxygen atoms in total. The molecule has 3 heteroatoms. The second-order valence-electron chi connectivity index (χ2n) is 2.73. The molecule has 0 bridgehead atoms. The Balaban J connectivity index is 2.11. The van der Waals surface area contributed by atoms with E-state index in [0.717, 1.165) is 12.3 Å². The van der Waals surface area contributed by atoms with E-state index in [0.29, 0.717) is 6.04 Å². The molecule has 58 valence electrons. The third-order valence-corrected chi connectivity index (χ3v) is 1.99. The fraction of sp³-hybridized carbons (Fsp3) is 0.857. The van der Waals surface area contributed by atoms with Gasteiger partial charge in [-0.1, -0.05) is 13.3 Å². The topological polar surface area (TPSA) is 41.1 Å². The van der Waals surface area contributed by atoms with Gasteiger partial charge in [0.2, 0.25) is 0 Å². The van der Waals surface area contributed by atoms with E-state index in [1.54, 1.807) is 7.05 Å². The summed E-state index contributed by atoms with van der Waals surface area (Å²) in [5.74, 6) is 0.734. The molecule has 1 fully saturated rings. The Labute approximate surface area is 61.2 Å². The minimum atomic E-state index is -0.0547. The summed E-state index contributed by atoms with van der Waals surface area (Å²) >= 11 is 0. The fourth-order valence-corrected chi connectivity index (χ4v) is 1.12. The predicted octanol–water partition coefficient (Wildman–Crippen LogP) is 0.714. The van der Waals surface area contributed by atoms with Crippen LogP contribution in [0.5, 0.6) is 0 Å². The van der Waals surface area contributed by atoms with Gasteiger partial charge < -0.3 is 10.6 Å². The maximum atomic E-state index is 10.7. The van der Waals surface area contributed by atoms with E-state index >= 15 is 0 Å². The van der Waals surface area contributed by atoms with E-state index in [4.69, 9.17) is 0 Å². The summed E-state index contributed by atoms with van der Waals surface area (Å²) < 4.78 is 0. The molecule has 0 saturated heterocycles. The predicted molar refractivity (Wildman–Crippen MR) is 39.8 cm³/mol. The first-order chi connectivity index (χ1) is 4.77. The van der Waals surface area contributed by atoms with Crippen LogP contribution in [-0.4, -0.2) is 19.1 Å². The van der Waals surface area contributed by atoms with Crippen molar-refractivity contribution in [2.45, 2.75) is 25.8 Å². The molecule has 0 aromatic carbocycles. The number of nitrogens with one attached hydrogen (secondary N) is 2. The molecular formula is C7H14N2O. The molecule has 0 aliphatic heterocycles. The zero-order valence-electron chi connectivity index (χ0n) is 6.48. The first-order valence-corrected chi connectivity index (χ1v) is 3.76. The maximum Gasteiger partial charge on any atom is 0.314 e. The summed E-state index contributed by atoms with van der Waals surface area (Å²) in [5, 5.41) is 5.39. The van der Waals surface area contributed by atoms with Gasteiger partial charge in [0, 0.05) is 13.1 Å². The molecule has 1 aliphatic rings. The fourth-order valence-electron chi connectivity index (χ4n) is 1.12. The minimum Gasteiger partial charge on any atom is -0.341 e. The van der Waals surface area contributed by atoms with Crippen molar-refractivity contribution in [1.29, 1.82) is 0 Å². The lowest BCUT2D eigenvalue weighted by Crippen LogP contribution is -2.34. The van der Waals surface area contributed by atoms with Crippen molar-refractivity contribution in [3.63, 3.8) is 0 Å². The van der Waals surface area contributed by atoms with Crippen LogP contribution >= 0.6 is 0 Å². The van der Waals surface area contributed by atoms with Crippen LogP contribution in [0.25, 0.3) is 0 Å². The smallest absolute Gasteiger partial charge is 0.314 e. The lowest BCUT2D eigenvalue weighted by molar-refractivity contribution is 0.242. The normalized spacial score (nSPS) is 29.4. The quantitative estimate of drug-likeness (QED) is 0.586. The first-order valence-electron chi connectivity index (χ1n) is 3.76. The van der Waals surface area contributed by atoms with Crippen LogP contribution in [0.4, 0.5) is 4.79 Å². The Bertz CT molecular complexity index is 136. The summed E-state index contributed by atoms with van der Waals surface area (Å²) in [6.45, 7) is 2.15. The molecular weight excluding hydrogens is 128 g/mol. The van der Waals surface area contributed by atoms with Gasteiger partial charge in [-0.25, -0.2) is 4.79 Å². The Morgan fingerprint density at radius 3 is 2.80 bits per heavy atom. The molecule has 1 rings (SSSR count). The Kier molecular flexibility index (Phi) is 2.14. The lowest BCUT2D eigenvalue weighted by Gasteiger charge is -2.00. The van der Waals surface area contributed by atoms with Crippen LogP contribution in [0.1, 0.15) is 19.8 Å². The summed E-state index contributed by atoms with van der Waals surface area (Å²) in [6, 6.07) is 0.394. The molecule has 0 unspecified atom stereocenters. The van der Waals surface area contributed by atoms with Crippen LogP contribution in [0.15, 0.2) is 0 Å². The van der Waals surface area contributed by atoms with Crippen molar-refractivity contribution >= 4 is 6.03 Å². The van der Waals surface area contributed by atoms with Crippen LogP contribution in [-0.2, 0) is 0 Å². The van der Waals surface area contributed by atoms with E-state index < -0.39 is 0 Å². The molecule has 2 N–H and O–H groups in total. The SMILES string of the molecule is CC[C@@H]1C[C@H]1NC(=O)NC. The highest BCUT2D eigenvalue weighted by Crippen LogP contribution is 2.32. The second-order valence-corrected chi connectivity index (χ2v) is 2.73. The van der Waals surface area contributed by atoms with Gasteiger partial charge >= 0.3 is 6.03 Å². The monoisotopic (exact) mass is 142 g/mol. The van der Waals surface area contributed by atoms with Crippen LogP contribution in [0.2, 0.25) is 0 Å². The largest absolute Gasteiger partial charge is 0.341 e. The van der Waals surface area contributed by atoms with Gasteiger partial charge in [-0.2, -0.15) is 0 Å². The van der Waals surface area contributed by atoms with E-state index in [2.05, 4.69) is 17.6 Å². The van der Waals surface area contributed by atoms with E-state index in [9.17, 15) is 4.79 Å². The van der Waals surface area contributed by atoms with Crippen LogP contribution in [0.3, 0.4) is 0 Å². The highest BCUT2D eigenvalue weighted by atomic mass is 16.2. The minimum absolute atomic E-state index is 0.0547. The van der Waals surface area contributed by atoms with Crippen LogP contribution in [0, 0.1) is 5.92 Å². The van der Waals surface area contributed by atoms with Gasteiger partial charge in [-0.3, -0.25) is 0 Å². The van der Waals surface area contributed by atoms with E-state index in [1.165, 1.54) is 6.42 Å². The number of rotatable bonds is 2. The Hall–Kier alpha value is -0.730. The average Bonchev–Trinajstić information content (AvgIpc) is 2.67. The molecule has 10 heavy (non-hydrogen) atoms. The summed E-state index contributed by atoms with van der Waals surface area (Å²) in [5.41, 5.74) is 0. The van der Waals surface area contributed by atoms with Gasteiger partial charge in [-0.05, 0) is 12.3 Å². The van der Waals surface area contributed by atoms with Gasteiger partial charge in [0.15, 0.2) is 0 Å². The number of carbonyl (C=O) groups excluding carboxylic acids is 1. The Morgan fingerprint density at radius 2 is 2.40 bits per heavy atom. The molecule has 2 amide bonds. The van der Waals surface area contributed by atoms with Crippen molar-refractivity contribution in [3.05, 3.63) is 0 Å². The zero-order valence-corrected chi connectivity index (χ0v) is 6.48. The van der Waals surface area contributed by atoms with Gasteiger partial charge in [0.05, 0.1) is 0 Å².